The number of carbonyl (C=O) groups is 1. The van der Waals surface area contributed by atoms with Gasteiger partial charge in [0.25, 0.3) is 0 Å². The fraction of sp³-hybridized carbons (Fsp3) is 0.471. The van der Waals surface area contributed by atoms with Crippen LogP contribution in [0.5, 0.6) is 0 Å². The topological polar surface area (TPSA) is 92.1 Å². The Morgan fingerprint density at radius 2 is 2.04 bits per heavy atom. The standard InChI is InChI=1S/C17H21N5O2/c23-10-15-11-1-2-12(9-11)16(15)20-17(24)19-13-3-5-14(6-4-13)22-8-7-18-21-22/h3-8,11-12,15-16,23H,1-2,9-10H2,(H2,19,20,24). The van der Waals surface area contributed by atoms with Crippen molar-refractivity contribution < 1.29 is 9.90 Å². The zero-order valence-corrected chi connectivity index (χ0v) is 13.3. The molecule has 4 atom stereocenters. The van der Waals surface area contributed by atoms with Crippen LogP contribution in [0.15, 0.2) is 36.7 Å². The summed E-state index contributed by atoms with van der Waals surface area (Å²) in [6, 6.07) is 7.29. The van der Waals surface area contributed by atoms with Crippen LogP contribution < -0.4 is 10.6 Å². The molecule has 0 aliphatic heterocycles. The lowest BCUT2D eigenvalue weighted by Gasteiger charge is -2.30. The van der Waals surface area contributed by atoms with Crippen LogP contribution in [-0.4, -0.2) is 38.8 Å². The van der Waals surface area contributed by atoms with Crippen LogP contribution in [0.3, 0.4) is 0 Å². The van der Waals surface area contributed by atoms with Gasteiger partial charge in [-0.1, -0.05) is 5.21 Å². The van der Waals surface area contributed by atoms with Crippen LogP contribution in [0.1, 0.15) is 19.3 Å². The van der Waals surface area contributed by atoms with Gasteiger partial charge in [-0.25, -0.2) is 9.48 Å². The summed E-state index contributed by atoms with van der Waals surface area (Å²) in [6.07, 6.45) is 6.84. The number of urea groups is 1. The number of hydrogen-bond donors (Lipinski definition) is 3. The van der Waals surface area contributed by atoms with Crippen molar-refractivity contribution in [3.63, 3.8) is 0 Å². The van der Waals surface area contributed by atoms with E-state index in [-0.39, 0.29) is 24.6 Å². The molecule has 7 heteroatoms. The normalized spacial score (nSPS) is 28.0. The van der Waals surface area contributed by atoms with Crippen molar-refractivity contribution in [3.8, 4) is 5.69 Å². The molecule has 1 heterocycles. The number of hydrogen-bond acceptors (Lipinski definition) is 4. The predicted octanol–water partition coefficient (Wildman–Crippen LogP) is 1.80. The van der Waals surface area contributed by atoms with E-state index in [1.807, 2.05) is 24.3 Å². The third-order valence-corrected chi connectivity index (χ3v) is 5.41. The number of anilines is 1. The molecular formula is C17H21N5O2. The van der Waals surface area contributed by atoms with Crippen LogP contribution in [0.2, 0.25) is 0 Å². The van der Waals surface area contributed by atoms with Gasteiger partial charge in [0.15, 0.2) is 0 Å². The molecular weight excluding hydrogens is 306 g/mol. The molecule has 2 aliphatic rings. The predicted molar refractivity (Wildman–Crippen MR) is 88.7 cm³/mol. The molecule has 126 valence electrons. The number of amides is 2. The van der Waals surface area contributed by atoms with Gasteiger partial charge in [-0.3, -0.25) is 0 Å². The fourth-order valence-corrected chi connectivity index (χ4v) is 4.26. The molecule has 0 spiro atoms. The number of nitrogens with zero attached hydrogens (tertiary/aromatic N) is 3. The van der Waals surface area contributed by atoms with Crippen LogP contribution in [-0.2, 0) is 0 Å². The Kier molecular flexibility index (Phi) is 3.93. The van der Waals surface area contributed by atoms with Gasteiger partial charge in [0.05, 0.1) is 18.1 Å². The molecule has 7 nitrogen and oxygen atoms in total. The Balaban J connectivity index is 1.38. The summed E-state index contributed by atoms with van der Waals surface area (Å²) < 4.78 is 1.66. The lowest BCUT2D eigenvalue weighted by atomic mass is 9.85. The lowest BCUT2D eigenvalue weighted by Crippen LogP contribution is -2.46. The van der Waals surface area contributed by atoms with Crippen LogP contribution in [0.4, 0.5) is 10.5 Å². The SMILES string of the molecule is O=C(Nc1ccc(-n2ccnn2)cc1)NC1C2CCC(C2)C1CO. The first-order valence-electron chi connectivity index (χ1n) is 8.39. The molecule has 2 aromatic rings. The van der Waals surface area contributed by atoms with Gasteiger partial charge in [-0.05, 0) is 55.4 Å². The number of fused-ring (bicyclic) bond motifs is 2. The van der Waals surface area contributed by atoms with E-state index in [2.05, 4.69) is 20.9 Å². The van der Waals surface area contributed by atoms with Crippen LogP contribution in [0, 0.1) is 17.8 Å². The van der Waals surface area contributed by atoms with Crippen molar-refractivity contribution in [2.24, 2.45) is 17.8 Å². The first-order valence-corrected chi connectivity index (χ1v) is 8.39. The van der Waals surface area contributed by atoms with E-state index in [1.165, 1.54) is 6.42 Å². The van der Waals surface area contributed by atoms with E-state index in [4.69, 9.17) is 0 Å². The molecule has 1 aromatic heterocycles. The number of carbonyl (C=O) groups excluding carboxylic acids is 1. The van der Waals surface area contributed by atoms with E-state index >= 15 is 0 Å². The van der Waals surface area contributed by atoms with E-state index in [9.17, 15) is 9.90 Å². The minimum absolute atomic E-state index is 0.0863. The first kappa shape index (κ1) is 15.1. The lowest BCUT2D eigenvalue weighted by molar-refractivity contribution is 0.146. The number of nitrogens with one attached hydrogen (secondary N) is 2. The third kappa shape index (κ3) is 2.75. The second kappa shape index (κ2) is 6.24. The minimum atomic E-state index is -0.209. The van der Waals surface area contributed by atoms with Crippen molar-refractivity contribution in [1.29, 1.82) is 0 Å². The van der Waals surface area contributed by atoms with Gasteiger partial charge in [-0.15, -0.1) is 5.10 Å². The monoisotopic (exact) mass is 327 g/mol. The van der Waals surface area contributed by atoms with E-state index in [0.717, 1.165) is 24.2 Å². The van der Waals surface area contributed by atoms with Crippen molar-refractivity contribution in [2.45, 2.75) is 25.3 Å². The highest BCUT2D eigenvalue weighted by Gasteiger charge is 2.47. The summed E-state index contributed by atoms with van der Waals surface area (Å²) in [7, 11) is 0. The zero-order chi connectivity index (χ0) is 16.5. The highest BCUT2D eigenvalue weighted by molar-refractivity contribution is 5.89. The second-order valence-electron chi connectivity index (χ2n) is 6.70. The molecule has 1 aromatic carbocycles. The van der Waals surface area contributed by atoms with E-state index < -0.39 is 0 Å². The van der Waals surface area contributed by atoms with E-state index in [1.54, 1.807) is 17.1 Å². The summed E-state index contributed by atoms with van der Waals surface area (Å²) in [5.74, 6) is 1.27. The molecule has 4 unspecified atom stereocenters. The van der Waals surface area contributed by atoms with Crippen LogP contribution in [0.25, 0.3) is 5.69 Å². The van der Waals surface area contributed by atoms with Crippen molar-refractivity contribution in [2.75, 3.05) is 11.9 Å². The molecule has 0 radical (unpaired) electrons. The number of aromatic nitrogens is 3. The average molecular weight is 327 g/mol. The number of rotatable bonds is 4. The zero-order valence-electron chi connectivity index (χ0n) is 13.3. The molecule has 2 bridgehead atoms. The average Bonchev–Trinajstić information content (AvgIpc) is 3.33. The molecule has 4 rings (SSSR count). The minimum Gasteiger partial charge on any atom is -0.396 e. The Morgan fingerprint density at radius 3 is 2.75 bits per heavy atom. The molecule has 2 amide bonds. The number of aliphatic hydroxyl groups excluding tert-OH is 1. The maximum Gasteiger partial charge on any atom is 0.319 e. The Hall–Kier alpha value is -2.41. The Morgan fingerprint density at radius 1 is 1.25 bits per heavy atom. The molecule has 2 aliphatic carbocycles. The Labute approximate surface area is 140 Å². The maximum atomic E-state index is 12.3. The van der Waals surface area contributed by atoms with Crippen molar-refractivity contribution in [3.05, 3.63) is 36.7 Å². The maximum absolute atomic E-state index is 12.3. The first-order chi connectivity index (χ1) is 11.7. The molecule has 2 fully saturated rings. The second-order valence-corrected chi connectivity index (χ2v) is 6.70. The number of benzene rings is 1. The quantitative estimate of drug-likeness (QED) is 0.798. The van der Waals surface area contributed by atoms with Crippen molar-refractivity contribution >= 4 is 11.7 Å². The number of aliphatic hydroxyl groups is 1. The highest BCUT2D eigenvalue weighted by Crippen LogP contribution is 2.48. The van der Waals surface area contributed by atoms with Crippen molar-refractivity contribution in [1.82, 2.24) is 20.3 Å². The largest absolute Gasteiger partial charge is 0.396 e. The highest BCUT2D eigenvalue weighted by atomic mass is 16.3. The smallest absolute Gasteiger partial charge is 0.319 e. The molecule has 3 N–H and O–H groups in total. The molecule has 2 saturated carbocycles. The van der Waals surface area contributed by atoms with Gasteiger partial charge in [0, 0.05) is 24.3 Å². The Bertz CT molecular complexity index is 700. The summed E-state index contributed by atoms with van der Waals surface area (Å²) in [5, 5.41) is 23.2. The van der Waals surface area contributed by atoms with Gasteiger partial charge in [0.1, 0.15) is 0 Å². The van der Waals surface area contributed by atoms with E-state index in [0.29, 0.717) is 11.8 Å². The summed E-state index contributed by atoms with van der Waals surface area (Å²) in [5.41, 5.74) is 1.60. The summed E-state index contributed by atoms with van der Waals surface area (Å²) in [6.45, 7) is 0.152. The molecule has 0 saturated heterocycles. The van der Waals surface area contributed by atoms with Gasteiger partial charge in [-0.2, -0.15) is 0 Å². The third-order valence-electron chi connectivity index (χ3n) is 5.41. The fourth-order valence-electron chi connectivity index (χ4n) is 4.26. The molecule has 24 heavy (non-hydrogen) atoms. The van der Waals surface area contributed by atoms with Gasteiger partial charge in [0.2, 0.25) is 0 Å². The summed E-state index contributed by atoms with van der Waals surface area (Å²) >= 11 is 0. The van der Waals surface area contributed by atoms with Crippen LogP contribution >= 0.6 is 0 Å². The van der Waals surface area contributed by atoms with Gasteiger partial charge < -0.3 is 15.7 Å². The van der Waals surface area contributed by atoms with Gasteiger partial charge >= 0.3 is 6.03 Å². The summed E-state index contributed by atoms with van der Waals surface area (Å²) in [4.78, 5) is 12.3.